The molecule has 3 rings (SSSR count). The van der Waals surface area contributed by atoms with E-state index >= 15 is 0 Å². The van der Waals surface area contributed by atoms with E-state index in [0.717, 1.165) is 21.7 Å². The molecule has 3 aromatic rings. The Morgan fingerprint density at radius 3 is 1.86 bits per heavy atom. The first kappa shape index (κ1) is 20.9. The fourth-order valence-electron chi connectivity index (χ4n) is 3.02. The quantitative estimate of drug-likeness (QED) is 0.618. The van der Waals surface area contributed by atoms with Crippen LogP contribution < -0.4 is 9.62 Å². The molecule has 1 amide bonds. The summed E-state index contributed by atoms with van der Waals surface area (Å²) in [6.45, 7) is -0.376. The van der Waals surface area contributed by atoms with Gasteiger partial charge in [0.25, 0.3) is 0 Å². The molecule has 0 unspecified atom stereocenters. The van der Waals surface area contributed by atoms with Crippen LogP contribution in [-0.2, 0) is 14.8 Å². The lowest BCUT2D eigenvalue weighted by atomic mass is 9.99. The largest absolute Gasteiger partial charge is 0.344 e. The fourth-order valence-corrected chi connectivity index (χ4v) is 4.18. The maximum atomic E-state index is 12.9. The van der Waals surface area contributed by atoms with Crippen LogP contribution in [-0.4, -0.2) is 27.1 Å². The maximum absolute atomic E-state index is 12.9. The smallest absolute Gasteiger partial charge is 0.241 e. The van der Waals surface area contributed by atoms with Crippen molar-refractivity contribution in [3.05, 3.63) is 101 Å². The lowest BCUT2D eigenvalue weighted by Gasteiger charge is -2.25. The van der Waals surface area contributed by atoms with Crippen LogP contribution in [0.2, 0.25) is 5.02 Å². The van der Waals surface area contributed by atoms with Gasteiger partial charge in [-0.05, 0) is 23.3 Å². The molecule has 0 aliphatic carbocycles. The Kier molecular flexibility index (Phi) is 6.56. The number of carbonyl (C=O) groups excluding carboxylic acids is 1. The van der Waals surface area contributed by atoms with E-state index in [0.29, 0.717) is 0 Å². The molecule has 1 N–H and O–H groups in total. The van der Waals surface area contributed by atoms with Gasteiger partial charge in [-0.25, -0.2) is 8.42 Å². The Morgan fingerprint density at radius 2 is 1.38 bits per heavy atom. The van der Waals surface area contributed by atoms with Crippen LogP contribution in [0.1, 0.15) is 17.2 Å². The van der Waals surface area contributed by atoms with Crippen LogP contribution in [0.3, 0.4) is 0 Å². The van der Waals surface area contributed by atoms with E-state index in [4.69, 9.17) is 11.6 Å². The first-order chi connectivity index (χ1) is 13.9. The fraction of sp³-hybridized carbons (Fsp3) is 0.136. The second kappa shape index (κ2) is 9.11. The molecule has 0 spiro atoms. The Morgan fingerprint density at radius 1 is 0.897 bits per heavy atom. The van der Waals surface area contributed by atoms with Crippen LogP contribution in [0, 0.1) is 0 Å². The van der Waals surface area contributed by atoms with Gasteiger partial charge in [-0.1, -0.05) is 84.4 Å². The van der Waals surface area contributed by atoms with E-state index in [9.17, 15) is 13.2 Å². The van der Waals surface area contributed by atoms with E-state index in [1.165, 1.54) is 0 Å². The van der Waals surface area contributed by atoms with Crippen molar-refractivity contribution < 1.29 is 13.2 Å². The van der Waals surface area contributed by atoms with Gasteiger partial charge in [0, 0.05) is 0 Å². The summed E-state index contributed by atoms with van der Waals surface area (Å²) in [5.41, 5.74) is 2.06. The lowest BCUT2D eigenvalue weighted by Crippen LogP contribution is -2.42. The van der Waals surface area contributed by atoms with Crippen molar-refractivity contribution in [1.82, 2.24) is 5.32 Å². The summed E-state index contributed by atoms with van der Waals surface area (Å²) in [5, 5.41) is 3.21. The highest BCUT2D eigenvalue weighted by Gasteiger charge is 2.25. The molecule has 3 aromatic carbocycles. The highest BCUT2D eigenvalue weighted by Crippen LogP contribution is 2.27. The SMILES string of the molecule is CS(=O)(=O)N(CC(=O)NC(c1ccccc1)c1ccccc1)c1ccccc1Cl. The Labute approximate surface area is 176 Å². The summed E-state index contributed by atoms with van der Waals surface area (Å²) in [6, 6.07) is 25.2. The minimum atomic E-state index is -3.71. The van der Waals surface area contributed by atoms with Crippen LogP contribution >= 0.6 is 11.6 Å². The van der Waals surface area contributed by atoms with Gasteiger partial charge in [0.05, 0.1) is 23.0 Å². The number of hydrogen-bond acceptors (Lipinski definition) is 3. The number of sulfonamides is 1. The molecule has 0 fully saturated rings. The summed E-state index contributed by atoms with van der Waals surface area (Å²) in [4.78, 5) is 12.9. The lowest BCUT2D eigenvalue weighted by molar-refractivity contribution is -0.120. The van der Waals surface area contributed by atoms with E-state index in [2.05, 4.69) is 5.32 Å². The zero-order valence-corrected chi connectivity index (χ0v) is 17.4. The Bertz CT molecular complexity index is 1030. The third-order valence-corrected chi connectivity index (χ3v) is 5.83. The Hall–Kier alpha value is -2.83. The highest BCUT2D eigenvalue weighted by molar-refractivity contribution is 7.92. The second-order valence-electron chi connectivity index (χ2n) is 6.54. The van der Waals surface area contributed by atoms with Crippen LogP contribution in [0.4, 0.5) is 5.69 Å². The molecule has 0 heterocycles. The molecule has 0 saturated carbocycles. The average molecular weight is 429 g/mol. The minimum absolute atomic E-state index is 0.258. The number of carbonyl (C=O) groups is 1. The number of para-hydroxylation sites is 1. The molecule has 150 valence electrons. The predicted octanol–water partition coefficient (Wildman–Crippen LogP) is 4.01. The standard InChI is InChI=1S/C22H21ClN2O3S/c1-29(27,28)25(20-15-9-8-14-19(20)23)16-21(26)24-22(17-10-4-2-5-11-17)18-12-6-3-7-13-18/h2-15,22H,16H2,1H3,(H,24,26). The molecular formula is C22H21ClN2O3S. The minimum Gasteiger partial charge on any atom is -0.344 e. The number of rotatable bonds is 7. The van der Waals surface area contributed by atoms with E-state index in [-0.39, 0.29) is 17.3 Å². The second-order valence-corrected chi connectivity index (χ2v) is 8.86. The molecule has 0 bridgehead atoms. The number of halogens is 1. The molecule has 0 aliphatic rings. The van der Waals surface area contributed by atoms with Crippen LogP contribution in [0.15, 0.2) is 84.9 Å². The highest BCUT2D eigenvalue weighted by atomic mass is 35.5. The van der Waals surface area contributed by atoms with Gasteiger partial charge in [-0.15, -0.1) is 0 Å². The van der Waals surface area contributed by atoms with Gasteiger partial charge in [0.1, 0.15) is 6.54 Å². The number of amides is 1. The van der Waals surface area contributed by atoms with E-state index in [1.807, 2.05) is 60.7 Å². The number of nitrogens with one attached hydrogen (secondary N) is 1. The van der Waals surface area contributed by atoms with Crippen LogP contribution in [0.5, 0.6) is 0 Å². The molecule has 7 heteroatoms. The van der Waals surface area contributed by atoms with Gasteiger partial charge in [-0.2, -0.15) is 0 Å². The van der Waals surface area contributed by atoms with Crippen LogP contribution in [0.25, 0.3) is 0 Å². The topological polar surface area (TPSA) is 66.5 Å². The zero-order chi connectivity index (χ0) is 20.9. The third kappa shape index (κ3) is 5.37. The van der Waals surface area contributed by atoms with E-state index < -0.39 is 22.0 Å². The third-order valence-electron chi connectivity index (χ3n) is 4.38. The number of anilines is 1. The predicted molar refractivity (Wildman–Crippen MR) is 117 cm³/mol. The first-order valence-corrected chi connectivity index (χ1v) is 11.2. The van der Waals surface area contributed by atoms with Gasteiger partial charge in [-0.3, -0.25) is 9.10 Å². The van der Waals surface area contributed by atoms with Crippen molar-refractivity contribution in [2.24, 2.45) is 0 Å². The van der Waals surface area contributed by atoms with Crippen molar-refractivity contribution in [3.63, 3.8) is 0 Å². The van der Waals surface area contributed by atoms with Gasteiger partial charge in [0.2, 0.25) is 15.9 Å². The summed E-state index contributed by atoms with van der Waals surface area (Å²) in [7, 11) is -3.71. The van der Waals surface area contributed by atoms with Crippen molar-refractivity contribution in [2.45, 2.75) is 6.04 Å². The molecule has 29 heavy (non-hydrogen) atoms. The molecule has 0 aromatic heterocycles. The van der Waals surface area contributed by atoms with Crippen molar-refractivity contribution >= 4 is 33.2 Å². The molecule has 0 atom stereocenters. The summed E-state index contributed by atoms with van der Waals surface area (Å²) in [5.74, 6) is -0.437. The van der Waals surface area contributed by atoms with Crippen molar-refractivity contribution in [2.75, 3.05) is 17.1 Å². The molecule has 0 radical (unpaired) electrons. The average Bonchev–Trinajstić information content (AvgIpc) is 2.71. The maximum Gasteiger partial charge on any atom is 0.241 e. The Balaban J connectivity index is 1.88. The molecule has 5 nitrogen and oxygen atoms in total. The normalized spacial score (nSPS) is 11.3. The van der Waals surface area contributed by atoms with Gasteiger partial charge >= 0.3 is 0 Å². The first-order valence-electron chi connectivity index (χ1n) is 8.98. The summed E-state index contributed by atoms with van der Waals surface area (Å²) < 4.78 is 25.7. The summed E-state index contributed by atoms with van der Waals surface area (Å²) >= 11 is 6.17. The molecule has 0 aliphatic heterocycles. The monoisotopic (exact) mass is 428 g/mol. The van der Waals surface area contributed by atoms with E-state index in [1.54, 1.807) is 24.3 Å². The number of hydrogen-bond donors (Lipinski definition) is 1. The number of benzene rings is 3. The van der Waals surface area contributed by atoms with Crippen molar-refractivity contribution in [1.29, 1.82) is 0 Å². The van der Waals surface area contributed by atoms with Gasteiger partial charge in [0.15, 0.2) is 0 Å². The molecular weight excluding hydrogens is 408 g/mol. The molecule has 0 saturated heterocycles. The number of nitrogens with zero attached hydrogens (tertiary/aromatic N) is 1. The van der Waals surface area contributed by atoms with Crippen molar-refractivity contribution in [3.8, 4) is 0 Å². The van der Waals surface area contributed by atoms with Gasteiger partial charge < -0.3 is 5.32 Å². The summed E-state index contributed by atoms with van der Waals surface area (Å²) in [6.07, 6.45) is 1.05. The zero-order valence-electron chi connectivity index (χ0n) is 15.8.